The van der Waals surface area contributed by atoms with E-state index < -0.39 is 0 Å². The lowest BCUT2D eigenvalue weighted by Crippen LogP contribution is -2.44. The van der Waals surface area contributed by atoms with E-state index in [1.54, 1.807) is 0 Å². The predicted octanol–water partition coefficient (Wildman–Crippen LogP) is 2.66. The average molecular weight is 404 g/mol. The number of benzene rings is 1. The molecule has 0 aliphatic carbocycles. The van der Waals surface area contributed by atoms with Gasteiger partial charge >= 0.3 is 0 Å². The quantitative estimate of drug-likeness (QED) is 0.741. The highest BCUT2D eigenvalue weighted by atomic mass is 35.5. The molecule has 25 heavy (non-hydrogen) atoms. The second-order valence-corrected chi connectivity index (χ2v) is 7.22. The Labute approximate surface area is 167 Å². The average Bonchev–Trinajstić information content (AvgIpc) is 2.63. The van der Waals surface area contributed by atoms with Crippen LogP contribution < -0.4 is 10.6 Å². The third kappa shape index (κ3) is 6.50. The van der Waals surface area contributed by atoms with Gasteiger partial charge in [0.1, 0.15) is 6.04 Å². The number of thioether (sulfide) groups is 1. The summed E-state index contributed by atoms with van der Waals surface area (Å²) in [7, 11) is 0. The van der Waals surface area contributed by atoms with Crippen LogP contribution in [-0.4, -0.2) is 55.0 Å². The Morgan fingerprint density at radius 2 is 1.92 bits per heavy atom. The minimum Gasteiger partial charge on any atom is -0.351 e. The van der Waals surface area contributed by atoms with Crippen molar-refractivity contribution < 1.29 is 4.79 Å². The van der Waals surface area contributed by atoms with Gasteiger partial charge in [0.2, 0.25) is 5.91 Å². The first kappa shape index (κ1) is 22.3. The zero-order valence-corrected chi connectivity index (χ0v) is 16.7. The maximum atomic E-state index is 12.9. The first-order valence-corrected chi connectivity index (χ1v) is 9.53. The molecule has 2 N–H and O–H groups in total. The summed E-state index contributed by atoms with van der Waals surface area (Å²) >= 11 is 1.97. The topological polar surface area (TPSA) is 44.4 Å². The SMILES string of the molecule is Cl.Cl.O=C(NCC1=CCNCC1)C(c1ccccc1)N1CCSCC1. The van der Waals surface area contributed by atoms with Gasteiger partial charge in [0.05, 0.1) is 0 Å². The highest BCUT2D eigenvalue weighted by molar-refractivity contribution is 7.99. The maximum Gasteiger partial charge on any atom is 0.242 e. The van der Waals surface area contributed by atoms with E-state index in [0.29, 0.717) is 6.54 Å². The fourth-order valence-corrected chi connectivity index (χ4v) is 4.06. The zero-order chi connectivity index (χ0) is 15.9. The van der Waals surface area contributed by atoms with E-state index in [9.17, 15) is 4.79 Å². The summed E-state index contributed by atoms with van der Waals surface area (Å²) < 4.78 is 0. The second-order valence-electron chi connectivity index (χ2n) is 6.00. The molecule has 1 aromatic carbocycles. The fourth-order valence-electron chi connectivity index (χ4n) is 3.13. The molecule has 1 unspecified atom stereocenters. The number of nitrogens with zero attached hydrogens (tertiary/aromatic N) is 1. The molecule has 0 radical (unpaired) electrons. The monoisotopic (exact) mass is 403 g/mol. The third-order valence-electron chi connectivity index (χ3n) is 4.42. The van der Waals surface area contributed by atoms with Gasteiger partial charge in [-0.05, 0) is 18.5 Å². The fraction of sp³-hybridized carbons (Fsp3) is 0.500. The molecular formula is C18H27Cl2N3OS. The number of carbonyl (C=O) groups excluding carboxylic acids is 1. The Balaban J connectivity index is 0.00000156. The number of amides is 1. The lowest BCUT2D eigenvalue weighted by atomic mass is 10.0. The molecule has 140 valence electrons. The van der Waals surface area contributed by atoms with E-state index in [2.05, 4.69) is 33.7 Å². The van der Waals surface area contributed by atoms with E-state index in [1.807, 2.05) is 30.0 Å². The van der Waals surface area contributed by atoms with E-state index in [-0.39, 0.29) is 36.8 Å². The molecule has 1 saturated heterocycles. The molecule has 1 amide bonds. The van der Waals surface area contributed by atoms with Crippen LogP contribution in [0.25, 0.3) is 0 Å². The van der Waals surface area contributed by atoms with Crippen molar-refractivity contribution in [2.45, 2.75) is 12.5 Å². The van der Waals surface area contributed by atoms with Crippen LogP contribution in [0, 0.1) is 0 Å². The van der Waals surface area contributed by atoms with Crippen LogP contribution in [0.2, 0.25) is 0 Å². The Morgan fingerprint density at radius 1 is 1.20 bits per heavy atom. The van der Waals surface area contributed by atoms with Crippen LogP contribution in [0.4, 0.5) is 0 Å². The molecule has 0 bridgehead atoms. The zero-order valence-electron chi connectivity index (χ0n) is 14.3. The lowest BCUT2D eigenvalue weighted by Gasteiger charge is -2.33. The molecule has 1 aromatic rings. The molecular weight excluding hydrogens is 377 g/mol. The second kappa shape index (κ2) is 11.8. The van der Waals surface area contributed by atoms with Gasteiger partial charge in [-0.3, -0.25) is 9.69 Å². The first-order valence-electron chi connectivity index (χ1n) is 8.37. The van der Waals surface area contributed by atoms with Crippen molar-refractivity contribution in [3.8, 4) is 0 Å². The Kier molecular flexibility index (Phi) is 10.5. The standard InChI is InChI=1S/C18H25N3OS.2ClH/c22-18(20-14-15-6-8-19-9-7-15)17(16-4-2-1-3-5-16)21-10-12-23-13-11-21;;/h1-6,17,19H,7-14H2,(H,20,22);2*1H. The summed E-state index contributed by atoms with van der Waals surface area (Å²) in [5.74, 6) is 2.34. The predicted molar refractivity (Wildman–Crippen MR) is 111 cm³/mol. The molecule has 2 heterocycles. The summed E-state index contributed by atoms with van der Waals surface area (Å²) in [4.78, 5) is 15.2. The normalized spacial score (nSPS) is 19.0. The molecule has 4 nitrogen and oxygen atoms in total. The van der Waals surface area contributed by atoms with E-state index in [1.165, 1.54) is 5.57 Å². The molecule has 2 aliphatic heterocycles. The minimum absolute atomic E-state index is 0. The number of hydrogen-bond acceptors (Lipinski definition) is 4. The van der Waals surface area contributed by atoms with Crippen molar-refractivity contribution >= 4 is 42.5 Å². The first-order chi connectivity index (χ1) is 11.3. The molecule has 2 aliphatic rings. The van der Waals surface area contributed by atoms with Gasteiger partial charge in [0, 0.05) is 37.7 Å². The number of halogens is 2. The number of rotatable bonds is 5. The summed E-state index contributed by atoms with van der Waals surface area (Å²) in [6.45, 7) is 4.55. The van der Waals surface area contributed by atoms with Gasteiger partial charge in [0.25, 0.3) is 0 Å². The van der Waals surface area contributed by atoms with Gasteiger partial charge in [0.15, 0.2) is 0 Å². The molecule has 0 aromatic heterocycles. The molecule has 7 heteroatoms. The largest absolute Gasteiger partial charge is 0.351 e. The number of carbonyl (C=O) groups is 1. The van der Waals surface area contributed by atoms with E-state index >= 15 is 0 Å². The summed E-state index contributed by atoms with van der Waals surface area (Å²) in [5.41, 5.74) is 2.43. The Morgan fingerprint density at radius 3 is 2.56 bits per heavy atom. The van der Waals surface area contributed by atoms with Gasteiger partial charge in [-0.25, -0.2) is 0 Å². The van der Waals surface area contributed by atoms with Crippen molar-refractivity contribution in [1.82, 2.24) is 15.5 Å². The highest BCUT2D eigenvalue weighted by Crippen LogP contribution is 2.24. The number of nitrogens with one attached hydrogen (secondary N) is 2. The Bertz CT molecular complexity index is 551. The van der Waals surface area contributed by atoms with Crippen molar-refractivity contribution in [3.05, 3.63) is 47.5 Å². The summed E-state index contributed by atoms with van der Waals surface area (Å²) in [6, 6.07) is 10.0. The van der Waals surface area contributed by atoms with E-state index in [4.69, 9.17) is 0 Å². The van der Waals surface area contributed by atoms with Gasteiger partial charge in [-0.2, -0.15) is 11.8 Å². The van der Waals surface area contributed by atoms with Crippen LogP contribution in [0.3, 0.4) is 0 Å². The molecule has 3 rings (SSSR count). The Hall–Kier alpha value is -0.720. The lowest BCUT2D eigenvalue weighted by molar-refractivity contribution is -0.126. The molecule has 0 saturated carbocycles. The van der Waals surface area contributed by atoms with Crippen molar-refractivity contribution in [2.24, 2.45) is 0 Å². The van der Waals surface area contributed by atoms with E-state index in [0.717, 1.165) is 49.7 Å². The molecule has 0 spiro atoms. The molecule has 1 atom stereocenters. The smallest absolute Gasteiger partial charge is 0.242 e. The van der Waals surface area contributed by atoms with Gasteiger partial charge in [-0.15, -0.1) is 24.8 Å². The van der Waals surface area contributed by atoms with Crippen molar-refractivity contribution in [1.29, 1.82) is 0 Å². The summed E-state index contributed by atoms with van der Waals surface area (Å²) in [6.07, 6.45) is 3.22. The highest BCUT2D eigenvalue weighted by Gasteiger charge is 2.28. The van der Waals surface area contributed by atoms with Crippen LogP contribution in [0.15, 0.2) is 42.0 Å². The van der Waals surface area contributed by atoms with Crippen LogP contribution >= 0.6 is 36.6 Å². The van der Waals surface area contributed by atoms with Crippen LogP contribution in [0.1, 0.15) is 18.0 Å². The minimum atomic E-state index is -0.167. The van der Waals surface area contributed by atoms with Crippen molar-refractivity contribution in [2.75, 3.05) is 44.2 Å². The van der Waals surface area contributed by atoms with Crippen molar-refractivity contribution in [3.63, 3.8) is 0 Å². The number of hydrogen-bond donors (Lipinski definition) is 2. The van der Waals surface area contributed by atoms with Crippen LogP contribution in [0.5, 0.6) is 0 Å². The summed E-state index contributed by atoms with van der Waals surface area (Å²) in [5, 5.41) is 6.47. The maximum absolute atomic E-state index is 12.9. The molecule has 1 fully saturated rings. The van der Waals surface area contributed by atoms with Gasteiger partial charge in [-0.1, -0.05) is 42.0 Å². The van der Waals surface area contributed by atoms with Crippen LogP contribution in [-0.2, 0) is 4.79 Å². The third-order valence-corrected chi connectivity index (χ3v) is 5.36. The van der Waals surface area contributed by atoms with Gasteiger partial charge < -0.3 is 10.6 Å².